The lowest BCUT2D eigenvalue weighted by molar-refractivity contribution is -0.143. The summed E-state index contributed by atoms with van der Waals surface area (Å²) in [6.07, 6.45) is -8.90. The minimum atomic E-state index is -5.09. The van der Waals surface area contributed by atoms with Crippen molar-refractivity contribution in [3.63, 3.8) is 0 Å². The van der Waals surface area contributed by atoms with Gasteiger partial charge in [0.1, 0.15) is 5.82 Å². The topological polar surface area (TPSA) is 64.2 Å². The second-order valence-electron chi connectivity index (χ2n) is 11.2. The Morgan fingerprint density at radius 1 is 0.841 bits per heavy atom. The summed E-state index contributed by atoms with van der Waals surface area (Å²) >= 11 is 0. The van der Waals surface area contributed by atoms with Crippen LogP contribution in [-0.2, 0) is 21.9 Å². The van der Waals surface area contributed by atoms with Gasteiger partial charge in [0.2, 0.25) is 11.8 Å². The van der Waals surface area contributed by atoms with Gasteiger partial charge < -0.3 is 14.7 Å². The summed E-state index contributed by atoms with van der Waals surface area (Å²) in [5.74, 6) is -1.56. The van der Waals surface area contributed by atoms with Gasteiger partial charge in [-0.1, -0.05) is 19.1 Å². The number of amides is 4. The minimum Gasteiger partial charge on any atom is -0.343 e. The predicted molar refractivity (Wildman–Crippen MR) is 147 cm³/mol. The highest BCUT2D eigenvalue weighted by atomic mass is 19.4. The Hall–Kier alpha value is -3.84. The number of benzene rings is 2. The van der Waals surface area contributed by atoms with Gasteiger partial charge in [-0.3, -0.25) is 14.5 Å². The molecule has 7 nitrogen and oxygen atoms in total. The smallest absolute Gasteiger partial charge is 0.343 e. The number of urea groups is 1. The van der Waals surface area contributed by atoms with E-state index >= 15 is 0 Å². The second-order valence-corrected chi connectivity index (χ2v) is 11.2. The lowest BCUT2D eigenvalue weighted by Crippen LogP contribution is -2.48. The number of carbonyl (C=O) groups excluding carboxylic acids is 3. The lowest BCUT2D eigenvalue weighted by atomic mass is 9.93. The number of piperidine rings is 1. The fourth-order valence-electron chi connectivity index (χ4n) is 5.88. The Morgan fingerprint density at radius 2 is 1.39 bits per heavy atom. The zero-order chi connectivity index (χ0) is 32.6. The van der Waals surface area contributed by atoms with Gasteiger partial charge in [-0.2, -0.15) is 26.3 Å². The first kappa shape index (κ1) is 33.1. The van der Waals surface area contributed by atoms with Crippen molar-refractivity contribution in [1.29, 1.82) is 0 Å². The van der Waals surface area contributed by atoms with Crippen molar-refractivity contribution in [3.8, 4) is 0 Å². The third kappa shape index (κ3) is 7.10. The Labute approximate surface area is 250 Å². The Balaban J connectivity index is 1.59. The Bertz CT molecular complexity index is 1340. The van der Waals surface area contributed by atoms with E-state index in [0.29, 0.717) is 54.9 Å². The number of hydrogen-bond acceptors (Lipinski definition) is 3. The van der Waals surface area contributed by atoms with E-state index in [1.807, 2.05) is 0 Å². The van der Waals surface area contributed by atoms with Crippen LogP contribution in [-0.4, -0.2) is 78.9 Å². The fourth-order valence-corrected chi connectivity index (χ4v) is 5.88. The second kappa shape index (κ2) is 12.6. The summed E-state index contributed by atoms with van der Waals surface area (Å²) < 4.78 is 94.5. The number of carbonyl (C=O) groups is 3. The molecule has 2 fully saturated rings. The van der Waals surface area contributed by atoms with Crippen molar-refractivity contribution in [2.24, 2.45) is 5.92 Å². The molecule has 2 aliphatic heterocycles. The van der Waals surface area contributed by atoms with Crippen molar-refractivity contribution < 1.29 is 45.1 Å². The van der Waals surface area contributed by atoms with Gasteiger partial charge in [0, 0.05) is 64.2 Å². The zero-order valence-electron chi connectivity index (χ0n) is 24.4. The number of halogens is 7. The molecule has 2 heterocycles. The quantitative estimate of drug-likeness (QED) is 0.381. The molecule has 0 aliphatic carbocycles. The van der Waals surface area contributed by atoms with E-state index in [9.17, 15) is 45.1 Å². The van der Waals surface area contributed by atoms with Gasteiger partial charge in [0.15, 0.2) is 0 Å². The normalized spacial score (nSPS) is 19.7. The summed E-state index contributed by atoms with van der Waals surface area (Å²) in [6.45, 7) is 2.83. The number of alkyl halides is 6. The van der Waals surface area contributed by atoms with Crippen molar-refractivity contribution >= 4 is 23.5 Å². The van der Waals surface area contributed by atoms with Gasteiger partial charge in [0.25, 0.3) is 0 Å². The van der Waals surface area contributed by atoms with Gasteiger partial charge in [-0.05, 0) is 48.7 Å². The van der Waals surface area contributed by atoms with E-state index in [4.69, 9.17) is 0 Å². The molecule has 2 atom stereocenters. The highest BCUT2D eigenvalue weighted by Gasteiger charge is 2.43. The van der Waals surface area contributed by atoms with E-state index in [1.54, 1.807) is 16.7 Å². The maximum atomic E-state index is 13.7. The Kier molecular flexibility index (Phi) is 9.50. The molecule has 0 saturated carbocycles. The third-order valence-corrected chi connectivity index (χ3v) is 8.44. The van der Waals surface area contributed by atoms with E-state index in [1.165, 1.54) is 36.2 Å². The summed E-state index contributed by atoms with van der Waals surface area (Å²) in [5.41, 5.74) is -3.12. The molecular formula is C30H33F7N4O3. The predicted octanol–water partition coefficient (Wildman–Crippen LogP) is 5.99. The molecule has 0 radical (unpaired) electrons. The van der Waals surface area contributed by atoms with Crippen LogP contribution in [0.3, 0.4) is 0 Å². The highest BCUT2D eigenvalue weighted by molar-refractivity contribution is 5.92. The molecule has 2 unspecified atom stereocenters. The minimum absolute atomic E-state index is 0.000825. The molecule has 0 N–H and O–H groups in total. The van der Waals surface area contributed by atoms with Crippen molar-refractivity contribution in [2.45, 2.75) is 50.5 Å². The first-order valence-electron chi connectivity index (χ1n) is 14.1. The summed E-state index contributed by atoms with van der Waals surface area (Å²) in [6, 6.07) is 4.79. The molecule has 240 valence electrons. The zero-order valence-corrected chi connectivity index (χ0v) is 24.4. The molecule has 4 rings (SSSR count). The van der Waals surface area contributed by atoms with Crippen LogP contribution in [0.4, 0.5) is 41.2 Å². The van der Waals surface area contributed by atoms with Crippen LogP contribution in [0.25, 0.3) is 0 Å². The largest absolute Gasteiger partial charge is 0.416 e. The van der Waals surface area contributed by atoms with Crippen LogP contribution >= 0.6 is 0 Å². The monoisotopic (exact) mass is 630 g/mol. The number of rotatable bonds is 5. The lowest BCUT2D eigenvalue weighted by Gasteiger charge is -2.34. The molecule has 0 spiro atoms. The number of likely N-dealkylation sites (N-methyl/N-ethyl adjacent to an activating group) is 1. The van der Waals surface area contributed by atoms with E-state index in [-0.39, 0.29) is 36.9 Å². The molecule has 44 heavy (non-hydrogen) atoms. The molecule has 2 aromatic rings. The van der Waals surface area contributed by atoms with Crippen LogP contribution in [0, 0.1) is 11.7 Å². The maximum absolute atomic E-state index is 13.7. The number of likely N-dealkylation sites (tertiary alicyclic amines) is 2. The maximum Gasteiger partial charge on any atom is 0.416 e. The molecule has 2 aliphatic rings. The standard InChI is InChI=1S/C30H33F7N4O3/c1-4-26(42)40-11-9-19(10-12-40)27(43)41-16-24(18-5-7-22(31)8-6-18)25(17-41)39(3)28(44)38(2)23-14-20(29(32,33)34)13-21(15-23)30(35,36)37/h5-8,13-15,19,24-25H,4,9-12,16-17H2,1-3H3. The van der Waals surface area contributed by atoms with E-state index < -0.39 is 53.0 Å². The Morgan fingerprint density at radius 3 is 1.89 bits per heavy atom. The van der Waals surface area contributed by atoms with Gasteiger partial charge in [-0.15, -0.1) is 0 Å². The van der Waals surface area contributed by atoms with Gasteiger partial charge >= 0.3 is 18.4 Å². The van der Waals surface area contributed by atoms with Crippen LogP contribution in [0.15, 0.2) is 42.5 Å². The van der Waals surface area contributed by atoms with Crippen LogP contribution < -0.4 is 4.90 Å². The first-order chi connectivity index (χ1) is 20.5. The highest BCUT2D eigenvalue weighted by Crippen LogP contribution is 2.39. The average Bonchev–Trinajstić information content (AvgIpc) is 3.44. The van der Waals surface area contributed by atoms with Crippen molar-refractivity contribution in [2.75, 3.05) is 45.2 Å². The molecular weight excluding hydrogens is 597 g/mol. The first-order valence-corrected chi connectivity index (χ1v) is 14.1. The number of hydrogen-bond donors (Lipinski definition) is 0. The average molecular weight is 631 g/mol. The molecule has 2 aromatic carbocycles. The summed E-state index contributed by atoms with van der Waals surface area (Å²) in [5, 5.41) is 0. The van der Waals surface area contributed by atoms with E-state index in [0.717, 1.165) is 7.05 Å². The third-order valence-electron chi connectivity index (χ3n) is 8.44. The van der Waals surface area contributed by atoms with Gasteiger partial charge in [-0.25, -0.2) is 9.18 Å². The summed E-state index contributed by atoms with van der Waals surface area (Å²) in [7, 11) is 2.44. The van der Waals surface area contributed by atoms with Crippen LogP contribution in [0.2, 0.25) is 0 Å². The molecule has 2 saturated heterocycles. The molecule has 4 amide bonds. The van der Waals surface area contributed by atoms with Crippen molar-refractivity contribution in [1.82, 2.24) is 14.7 Å². The van der Waals surface area contributed by atoms with Crippen LogP contribution in [0.1, 0.15) is 48.8 Å². The molecule has 0 bridgehead atoms. The van der Waals surface area contributed by atoms with Crippen LogP contribution in [0.5, 0.6) is 0 Å². The molecule has 0 aromatic heterocycles. The van der Waals surface area contributed by atoms with Crippen molar-refractivity contribution in [3.05, 3.63) is 65.0 Å². The fraction of sp³-hybridized carbons (Fsp3) is 0.500. The van der Waals surface area contributed by atoms with E-state index in [2.05, 4.69) is 0 Å². The molecule has 14 heteroatoms. The SMILES string of the molecule is CCC(=O)N1CCC(C(=O)N2CC(c3ccc(F)cc3)C(N(C)C(=O)N(C)c3cc(C(F)(F)F)cc(C(F)(F)F)c3)C2)CC1. The van der Waals surface area contributed by atoms with Gasteiger partial charge in [0.05, 0.1) is 17.2 Å². The summed E-state index contributed by atoms with van der Waals surface area (Å²) in [4.78, 5) is 44.4. The number of nitrogens with zero attached hydrogens (tertiary/aromatic N) is 4. The number of anilines is 1.